The average molecular weight is 380 g/mol. The molecule has 0 radical (unpaired) electrons. The van der Waals surface area contributed by atoms with E-state index in [4.69, 9.17) is 0 Å². The van der Waals surface area contributed by atoms with Crippen molar-refractivity contribution in [2.75, 3.05) is 20.6 Å². The summed E-state index contributed by atoms with van der Waals surface area (Å²) in [5.74, 6) is -0.755. The lowest BCUT2D eigenvalue weighted by atomic mass is 9.98. The van der Waals surface area contributed by atoms with Crippen LogP contribution in [0, 0.1) is 0 Å². The van der Waals surface area contributed by atoms with E-state index >= 15 is 0 Å². The van der Waals surface area contributed by atoms with Crippen molar-refractivity contribution in [3.8, 4) is 0 Å². The summed E-state index contributed by atoms with van der Waals surface area (Å²) in [6, 6.07) is 15.3. The fraction of sp³-hybridized carbons (Fsp3) is 0.318. The second-order valence-corrected chi connectivity index (χ2v) is 7.41. The molecular weight excluding hydrogens is 354 g/mol. The van der Waals surface area contributed by atoms with Crippen molar-refractivity contribution in [2.45, 2.75) is 25.9 Å². The maximum absolute atomic E-state index is 12.5. The molecule has 2 aromatic carbocycles. The third kappa shape index (κ3) is 4.84. The topological polar surface area (TPSA) is 70.9 Å². The first-order valence-electron chi connectivity index (χ1n) is 9.50. The normalized spacial score (nSPS) is 13.6. The van der Waals surface area contributed by atoms with Crippen molar-refractivity contribution >= 4 is 17.7 Å². The highest BCUT2D eigenvalue weighted by molar-refractivity contribution is 6.09. The monoisotopic (exact) mass is 380 g/mol. The number of imide groups is 1. The van der Waals surface area contributed by atoms with Gasteiger partial charge < -0.3 is 10.2 Å². The van der Waals surface area contributed by atoms with Gasteiger partial charge in [0.1, 0.15) is 6.54 Å². The molecule has 3 rings (SSSR count). The van der Waals surface area contributed by atoms with E-state index in [9.17, 15) is 14.4 Å². The van der Waals surface area contributed by atoms with Crippen molar-refractivity contribution < 1.29 is 19.3 Å². The molecule has 1 aliphatic heterocycles. The first-order valence-corrected chi connectivity index (χ1v) is 9.50. The molecule has 0 aliphatic carbocycles. The van der Waals surface area contributed by atoms with Crippen LogP contribution in [-0.2, 0) is 29.1 Å². The Bertz CT molecular complexity index is 875. The van der Waals surface area contributed by atoms with Crippen molar-refractivity contribution in [2.24, 2.45) is 0 Å². The number of quaternary nitrogens is 1. The van der Waals surface area contributed by atoms with Gasteiger partial charge in [-0.2, -0.15) is 0 Å². The van der Waals surface area contributed by atoms with E-state index in [2.05, 4.69) is 31.5 Å². The van der Waals surface area contributed by atoms with E-state index < -0.39 is 0 Å². The lowest BCUT2D eigenvalue weighted by Gasteiger charge is -2.26. The fourth-order valence-electron chi connectivity index (χ4n) is 3.31. The molecule has 0 bridgehead atoms. The van der Waals surface area contributed by atoms with Gasteiger partial charge >= 0.3 is 0 Å². The molecular formula is C22H26N3O3+. The van der Waals surface area contributed by atoms with E-state index in [0.717, 1.165) is 17.7 Å². The molecule has 2 aromatic rings. The third-order valence-corrected chi connectivity index (χ3v) is 4.77. The molecule has 3 amide bonds. The number of carbonyl (C=O) groups is 3. The van der Waals surface area contributed by atoms with Crippen molar-refractivity contribution in [1.29, 1.82) is 0 Å². The van der Waals surface area contributed by atoms with Gasteiger partial charge in [0.2, 0.25) is 11.8 Å². The van der Waals surface area contributed by atoms with E-state index in [1.54, 1.807) is 18.2 Å². The molecule has 0 fully saturated rings. The van der Waals surface area contributed by atoms with Gasteiger partial charge in [0.15, 0.2) is 0 Å². The molecule has 1 heterocycles. The highest BCUT2D eigenvalue weighted by Crippen LogP contribution is 2.19. The lowest BCUT2D eigenvalue weighted by molar-refractivity contribution is -0.872. The third-order valence-electron chi connectivity index (χ3n) is 4.77. The molecule has 146 valence electrons. The van der Waals surface area contributed by atoms with Crippen LogP contribution in [0.3, 0.4) is 0 Å². The molecule has 0 atom stereocenters. The zero-order valence-corrected chi connectivity index (χ0v) is 16.3. The van der Waals surface area contributed by atoms with Crippen LogP contribution in [0.2, 0.25) is 0 Å². The minimum absolute atomic E-state index is 0.0989. The van der Waals surface area contributed by atoms with Gasteiger partial charge in [-0.05, 0) is 17.2 Å². The molecule has 1 aliphatic rings. The Labute approximate surface area is 165 Å². The Morgan fingerprint density at radius 2 is 1.71 bits per heavy atom. The number of hydrogen-bond acceptors (Lipinski definition) is 3. The number of amides is 3. The molecule has 0 saturated carbocycles. The number of rotatable bonds is 7. The van der Waals surface area contributed by atoms with Crippen LogP contribution in [0.25, 0.3) is 0 Å². The van der Waals surface area contributed by atoms with Crippen LogP contribution in [0.5, 0.6) is 0 Å². The van der Waals surface area contributed by atoms with E-state index in [-0.39, 0.29) is 37.1 Å². The molecule has 0 spiro atoms. The summed E-state index contributed by atoms with van der Waals surface area (Å²) in [5.41, 5.74) is 3.56. The van der Waals surface area contributed by atoms with E-state index in [1.807, 2.05) is 18.2 Å². The lowest BCUT2D eigenvalue weighted by Crippen LogP contribution is -3.04. The Kier molecular flexibility index (Phi) is 6.21. The van der Waals surface area contributed by atoms with Crippen LogP contribution in [-0.4, -0.2) is 43.3 Å². The largest absolute Gasteiger partial charge is 0.352 e. The zero-order valence-electron chi connectivity index (χ0n) is 16.3. The van der Waals surface area contributed by atoms with E-state index in [0.29, 0.717) is 12.1 Å². The number of carbonyl (C=O) groups excluding carboxylic acids is 3. The van der Waals surface area contributed by atoms with Crippen molar-refractivity contribution in [3.63, 3.8) is 0 Å². The maximum Gasteiger partial charge on any atom is 0.260 e. The smallest absolute Gasteiger partial charge is 0.260 e. The highest BCUT2D eigenvalue weighted by Gasteiger charge is 2.30. The summed E-state index contributed by atoms with van der Waals surface area (Å²) in [7, 11) is 4.20. The van der Waals surface area contributed by atoms with Gasteiger partial charge in [-0.15, -0.1) is 0 Å². The Balaban J connectivity index is 1.49. The average Bonchev–Trinajstić information content (AvgIpc) is 2.67. The second kappa shape index (κ2) is 8.80. The summed E-state index contributed by atoms with van der Waals surface area (Å²) in [4.78, 5) is 39.4. The SMILES string of the molecule is C[NH+](C)Cc1ccc(CNC(=O)CCN2C(=O)Cc3ccccc3C2=O)cc1. The molecule has 0 aromatic heterocycles. The van der Waals surface area contributed by atoms with E-state index in [1.165, 1.54) is 15.4 Å². The standard InChI is InChI=1S/C22H25N3O3/c1-24(2)15-17-9-7-16(8-10-17)14-23-20(26)11-12-25-21(27)13-18-5-3-4-6-19(18)22(25)28/h3-10H,11-15H2,1-2H3,(H,23,26)/p+1. The van der Waals surface area contributed by atoms with Crippen LogP contribution in [0.1, 0.15) is 33.5 Å². The van der Waals surface area contributed by atoms with Crippen molar-refractivity contribution in [3.05, 3.63) is 70.8 Å². The van der Waals surface area contributed by atoms with Gasteiger partial charge in [0.25, 0.3) is 5.91 Å². The minimum atomic E-state index is -0.321. The van der Waals surface area contributed by atoms with Gasteiger partial charge in [0.05, 0.1) is 20.5 Å². The summed E-state index contributed by atoms with van der Waals surface area (Å²) in [5, 5.41) is 2.85. The van der Waals surface area contributed by atoms with Gasteiger partial charge in [-0.1, -0.05) is 42.5 Å². The number of nitrogens with zero attached hydrogens (tertiary/aromatic N) is 1. The quantitative estimate of drug-likeness (QED) is 0.690. The molecule has 0 saturated heterocycles. The number of nitrogens with one attached hydrogen (secondary N) is 2. The van der Waals surface area contributed by atoms with Gasteiger partial charge in [-0.3, -0.25) is 19.3 Å². The summed E-state index contributed by atoms with van der Waals surface area (Å²) in [6.07, 6.45) is 0.298. The van der Waals surface area contributed by atoms with Crippen LogP contribution >= 0.6 is 0 Å². The fourth-order valence-corrected chi connectivity index (χ4v) is 3.31. The molecule has 6 nitrogen and oxygen atoms in total. The van der Waals surface area contributed by atoms with Gasteiger partial charge in [0, 0.05) is 30.6 Å². The molecule has 28 heavy (non-hydrogen) atoms. The van der Waals surface area contributed by atoms with Gasteiger partial charge in [-0.25, -0.2) is 0 Å². The maximum atomic E-state index is 12.5. The summed E-state index contributed by atoms with van der Waals surface area (Å²) >= 11 is 0. The Hall–Kier alpha value is -2.99. The van der Waals surface area contributed by atoms with Crippen LogP contribution in [0.15, 0.2) is 48.5 Å². The molecule has 6 heteroatoms. The minimum Gasteiger partial charge on any atom is -0.352 e. The predicted octanol–water partition coefficient (Wildman–Crippen LogP) is 0.563. The summed E-state index contributed by atoms with van der Waals surface area (Å²) < 4.78 is 0. The van der Waals surface area contributed by atoms with Crippen LogP contribution in [0.4, 0.5) is 0 Å². The second-order valence-electron chi connectivity index (χ2n) is 7.41. The number of hydrogen-bond donors (Lipinski definition) is 2. The van der Waals surface area contributed by atoms with Crippen LogP contribution < -0.4 is 10.2 Å². The van der Waals surface area contributed by atoms with Crippen molar-refractivity contribution in [1.82, 2.24) is 10.2 Å². The first-order chi connectivity index (χ1) is 13.4. The number of benzene rings is 2. The summed E-state index contributed by atoms with van der Waals surface area (Å²) in [6.45, 7) is 1.48. The Morgan fingerprint density at radius 1 is 1.04 bits per heavy atom. The Morgan fingerprint density at radius 3 is 2.43 bits per heavy atom. The molecule has 0 unspecified atom stereocenters. The predicted molar refractivity (Wildman–Crippen MR) is 106 cm³/mol. The molecule has 2 N–H and O–H groups in total. The highest BCUT2D eigenvalue weighted by atomic mass is 16.2. The first kappa shape index (κ1) is 19.8. The number of fused-ring (bicyclic) bond motifs is 1. The zero-order chi connectivity index (χ0) is 20.1.